The number of pyridine rings is 1. The lowest BCUT2D eigenvalue weighted by Crippen LogP contribution is -2.28. The van der Waals surface area contributed by atoms with Crippen LogP contribution in [-0.4, -0.2) is 31.8 Å². The number of hydrogen-bond acceptors (Lipinski definition) is 6. The number of amidine groups is 1. The Morgan fingerprint density at radius 3 is 2.71 bits per heavy atom. The third-order valence-corrected chi connectivity index (χ3v) is 5.43. The lowest BCUT2D eigenvalue weighted by molar-refractivity contribution is -0.384. The van der Waals surface area contributed by atoms with E-state index in [4.69, 9.17) is 4.99 Å². The van der Waals surface area contributed by atoms with Gasteiger partial charge in [0.2, 0.25) is 0 Å². The van der Waals surface area contributed by atoms with Gasteiger partial charge in [0.05, 0.1) is 16.7 Å². The van der Waals surface area contributed by atoms with Crippen molar-refractivity contribution < 1.29 is 4.92 Å². The number of benzene rings is 1. The number of thioether (sulfide) groups is 1. The van der Waals surface area contributed by atoms with Gasteiger partial charge in [-0.05, 0) is 17.7 Å². The number of nitro benzene ring substituents is 1. The zero-order valence-electron chi connectivity index (χ0n) is 13.1. The summed E-state index contributed by atoms with van der Waals surface area (Å²) < 4.78 is 0. The summed E-state index contributed by atoms with van der Waals surface area (Å²) in [6.45, 7) is 3.11. The summed E-state index contributed by atoms with van der Waals surface area (Å²) in [6, 6.07) is 12.6. The molecule has 0 bridgehead atoms. The highest BCUT2D eigenvalue weighted by molar-refractivity contribution is 8.14. The van der Waals surface area contributed by atoms with Crippen LogP contribution in [-0.2, 0) is 0 Å². The molecule has 0 aliphatic carbocycles. The van der Waals surface area contributed by atoms with E-state index >= 15 is 0 Å². The molecule has 0 unspecified atom stereocenters. The number of aliphatic imine (C=N–C) groups is 1. The van der Waals surface area contributed by atoms with Crippen LogP contribution in [0.2, 0.25) is 0 Å². The topological polar surface area (TPSA) is 71.6 Å². The van der Waals surface area contributed by atoms with Gasteiger partial charge in [-0.2, -0.15) is 0 Å². The average Bonchev–Trinajstić information content (AvgIpc) is 3.11. The second kappa shape index (κ2) is 5.90. The number of aromatic nitrogens is 1. The first-order chi connectivity index (χ1) is 11.6. The highest BCUT2D eigenvalue weighted by atomic mass is 32.2. The monoisotopic (exact) mass is 340 g/mol. The lowest BCUT2D eigenvalue weighted by atomic mass is 9.96. The molecule has 1 fully saturated rings. The molecular weight excluding hydrogens is 324 g/mol. The number of non-ortho nitro benzene ring substituents is 1. The molecule has 0 radical (unpaired) electrons. The fourth-order valence-electron chi connectivity index (χ4n) is 3.27. The van der Waals surface area contributed by atoms with Crippen molar-refractivity contribution in [3.63, 3.8) is 0 Å². The van der Waals surface area contributed by atoms with Gasteiger partial charge >= 0.3 is 0 Å². The van der Waals surface area contributed by atoms with Crippen LogP contribution in [0.1, 0.15) is 30.3 Å². The minimum atomic E-state index is -0.371. The molecule has 24 heavy (non-hydrogen) atoms. The van der Waals surface area contributed by atoms with Crippen LogP contribution in [0, 0.1) is 10.1 Å². The van der Waals surface area contributed by atoms with Crippen molar-refractivity contribution in [3.8, 4) is 0 Å². The Bertz CT molecular complexity index is 794. The second-order valence-corrected chi connectivity index (χ2v) is 7.39. The summed E-state index contributed by atoms with van der Waals surface area (Å²) in [5, 5.41) is 12.4. The Labute approximate surface area is 143 Å². The van der Waals surface area contributed by atoms with E-state index in [0.717, 1.165) is 23.0 Å². The first-order valence-electron chi connectivity index (χ1n) is 7.80. The SMILES string of the molecule is C[C@H]1CN2C(=N[C@@H](c3ccccn3)[C@@H]2c2ccc([N+](=O)[O-])cc2)S1. The zero-order valence-corrected chi connectivity index (χ0v) is 13.9. The predicted molar refractivity (Wildman–Crippen MR) is 94.0 cm³/mol. The van der Waals surface area contributed by atoms with Gasteiger partial charge in [-0.25, -0.2) is 0 Å². The average molecular weight is 340 g/mol. The molecule has 0 spiro atoms. The predicted octanol–water partition coefficient (Wildman–Crippen LogP) is 3.58. The van der Waals surface area contributed by atoms with E-state index in [1.165, 1.54) is 0 Å². The standard InChI is InChI=1S/C17H16N4O2S/c1-11-10-20-16(12-5-7-13(8-6-12)21(22)23)15(19-17(20)24-11)14-4-2-3-9-18-14/h2-9,11,15-16H,10H2,1H3/t11-,15-,16-/m0/s1. The fraction of sp³-hybridized carbons (Fsp3) is 0.294. The molecule has 0 N–H and O–H groups in total. The molecule has 6 nitrogen and oxygen atoms in total. The van der Waals surface area contributed by atoms with E-state index in [0.29, 0.717) is 5.25 Å². The van der Waals surface area contributed by atoms with Gasteiger partial charge in [-0.1, -0.05) is 36.9 Å². The number of nitro groups is 1. The Morgan fingerprint density at radius 2 is 2.04 bits per heavy atom. The minimum absolute atomic E-state index is 0.0353. The second-order valence-electron chi connectivity index (χ2n) is 5.99. The molecule has 2 aliphatic rings. The Balaban J connectivity index is 1.74. The van der Waals surface area contributed by atoms with Crippen LogP contribution in [0.15, 0.2) is 53.7 Å². The van der Waals surface area contributed by atoms with Gasteiger partial charge in [0.15, 0.2) is 5.17 Å². The largest absolute Gasteiger partial charge is 0.341 e. The summed E-state index contributed by atoms with van der Waals surface area (Å²) in [5.74, 6) is 0. The van der Waals surface area contributed by atoms with Gasteiger partial charge in [0, 0.05) is 30.1 Å². The smallest absolute Gasteiger partial charge is 0.269 e. The van der Waals surface area contributed by atoms with Crippen molar-refractivity contribution in [2.24, 2.45) is 4.99 Å². The summed E-state index contributed by atoms with van der Waals surface area (Å²) in [7, 11) is 0. The molecule has 7 heteroatoms. The van der Waals surface area contributed by atoms with E-state index in [1.807, 2.05) is 30.3 Å². The third kappa shape index (κ3) is 2.54. The summed E-state index contributed by atoms with van der Waals surface area (Å²) in [4.78, 5) is 22.2. The van der Waals surface area contributed by atoms with Gasteiger partial charge in [0.25, 0.3) is 5.69 Å². The van der Waals surface area contributed by atoms with Crippen LogP contribution < -0.4 is 0 Å². The maximum atomic E-state index is 10.9. The van der Waals surface area contributed by atoms with Crippen molar-refractivity contribution in [1.29, 1.82) is 0 Å². The fourth-order valence-corrected chi connectivity index (χ4v) is 4.36. The van der Waals surface area contributed by atoms with E-state index in [2.05, 4.69) is 16.8 Å². The number of nitrogens with zero attached hydrogens (tertiary/aromatic N) is 4. The molecule has 3 atom stereocenters. The van der Waals surface area contributed by atoms with E-state index in [9.17, 15) is 10.1 Å². The molecule has 4 rings (SSSR count). The van der Waals surface area contributed by atoms with Crippen LogP contribution >= 0.6 is 11.8 Å². The molecular formula is C17H16N4O2S. The molecule has 2 aliphatic heterocycles. The molecule has 2 aromatic rings. The minimum Gasteiger partial charge on any atom is -0.341 e. The maximum Gasteiger partial charge on any atom is 0.269 e. The van der Waals surface area contributed by atoms with Crippen LogP contribution in [0.25, 0.3) is 0 Å². The molecule has 122 valence electrons. The third-order valence-electron chi connectivity index (χ3n) is 4.33. The van der Waals surface area contributed by atoms with Crippen LogP contribution in [0.5, 0.6) is 0 Å². The Kier molecular flexibility index (Phi) is 3.72. The molecule has 1 aromatic carbocycles. The first kappa shape index (κ1) is 15.1. The Hall–Kier alpha value is -2.41. The van der Waals surface area contributed by atoms with E-state index in [1.54, 1.807) is 30.1 Å². The maximum absolute atomic E-state index is 10.9. The highest BCUT2D eigenvalue weighted by Gasteiger charge is 2.43. The molecule has 0 saturated carbocycles. The van der Waals surface area contributed by atoms with Gasteiger partial charge in [-0.3, -0.25) is 20.1 Å². The van der Waals surface area contributed by atoms with Crippen molar-refractivity contribution in [3.05, 3.63) is 70.0 Å². The van der Waals surface area contributed by atoms with Crippen molar-refractivity contribution >= 4 is 22.6 Å². The van der Waals surface area contributed by atoms with E-state index < -0.39 is 0 Å². The summed E-state index contributed by atoms with van der Waals surface area (Å²) in [5.41, 5.74) is 2.07. The summed E-state index contributed by atoms with van der Waals surface area (Å²) in [6.07, 6.45) is 1.78. The van der Waals surface area contributed by atoms with Gasteiger partial charge < -0.3 is 4.90 Å². The van der Waals surface area contributed by atoms with Crippen molar-refractivity contribution in [2.75, 3.05) is 6.54 Å². The van der Waals surface area contributed by atoms with Crippen molar-refractivity contribution in [1.82, 2.24) is 9.88 Å². The number of fused-ring (bicyclic) bond motifs is 1. The summed E-state index contributed by atoms with van der Waals surface area (Å²) >= 11 is 1.78. The number of hydrogen-bond donors (Lipinski definition) is 0. The van der Waals surface area contributed by atoms with Gasteiger partial charge in [0.1, 0.15) is 6.04 Å². The molecule has 1 aromatic heterocycles. The highest BCUT2D eigenvalue weighted by Crippen LogP contribution is 2.47. The Morgan fingerprint density at radius 1 is 1.25 bits per heavy atom. The van der Waals surface area contributed by atoms with Crippen LogP contribution in [0.3, 0.4) is 0 Å². The quantitative estimate of drug-likeness (QED) is 0.631. The molecule has 3 heterocycles. The molecule has 0 amide bonds. The van der Waals surface area contributed by atoms with E-state index in [-0.39, 0.29) is 22.7 Å². The van der Waals surface area contributed by atoms with Crippen LogP contribution in [0.4, 0.5) is 5.69 Å². The normalized spacial score (nSPS) is 25.5. The number of rotatable bonds is 3. The lowest BCUT2D eigenvalue weighted by Gasteiger charge is -2.27. The van der Waals surface area contributed by atoms with Crippen molar-refractivity contribution in [2.45, 2.75) is 24.3 Å². The molecule has 1 saturated heterocycles. The van der Waals surface area contributed by atoms with Gasteiger partial charge in [-0.15, -0.1) is 0 Å². The zero-order chi connectivity index (χ0) is 16.7. The first-order valence-corrected chi connectivity index (χ1v) is 8.68.